The van der Waals surface area contributed by atoms with Crippen molar-refractivity contribution in [1.29, 1.82) is 0 Å². The number of carbonyl (C=O) groups is 2. The van der Waals surface area contributed by atoms with Crippen LogP contribution in [0.3, 0.4) is 0 Å². The van der Waals surface area contributed by atoms with Gasteiger partial charge in [0, 0.05) is 36.6 Å². The Morgan fingerprint density at radius 1 is 1.20 bits per heavy atom. The Bertz CT molecular complexity index is 811. The van der Waals surface area contributed by atoms with Gasteiger partial charge < -0.3 is 16.0 Å². The Kier molecular flexibility index (Phi) is 3.91. The molecule has 0 bridgehead atoms. The van der Waals surface area contributed by atoms with Gasteiger partial charge in [-0.2, -0.15) is 5.10 Å². The number of nitrogens with zero attached hydrogens (tertiary/aromatic N) is 2. The van der Waals surface area contributed by atoms with Crippen LogP contribution in [-0.4, -0.2) is 27.8 Å². The topological polar surface area (TPSA) is 88.0 Å². The van der Waals surface area contributed by atoms with Crippen molar-refractivity contribution in [3.63, 3.8) is 0 Å². The van der Waals surface area contributed by atoms with Crippen LogP contribution in [0.1, 0.15) is 30.7 Å². The zero-order valence-electron chi connectivity index (χ0n) is 14.0. The molecule has 2 aliphatic rings. The Balaban J connectivity index is 1.33. The first-order valence-corrected chi connectivity index (χ1v) is 8.55. The maximum Gasteiger partial charge on any atom is 0.319 e. The Labute approximate surface area is 145 Å². The van der Waals surface area contributed by atoms with E-state index in [1.54, 1.807) is 16.8 Å². The number of hydrogen-bond acceptors (Lipinski definition) is 3. The summed E-state index contributed by atoms with van der Waals surface area (Å²) in [6.45, 7) is 0. The molecule has 1 heterocycles. The zero-order chi connectivity index (χ0) is 17.4. The minimum Gasteiger partial charge on any atom is -0.335 e. The first kappa shape index (κ1) is 15.7. The standard InChI is InChI=1S/C18H21N5O2/c1-23-10-11(9-19-23)15-8-16(15)17(24)20-13-3-2-4-14(7-13)22-18(25)21-12-5-6-12/h2-4,7,9-10,12,15-16H,5-6,8H2,1H3,(H,20,24)(H2,21,22,25)/t15-,16-/m0/s1. The largest absolute Gasteiger partial charge is 0.335 e. The zero-order valence-corrected chi connectivity index (χ0v) is 14.0. The highest BCUT2D eigenvalue weighted by Gasteiger charge is 2.44. The summed E-state index contributed by atoms with van der Waals surface area (Å²) in [5.74, 6) is 0.242. The summed E-state index contributed by atoms with van der Waals surface area (Å²) in [6.07, 6.45) is 6.72. The molecule has 2 aliphatic carbocycles. The molecule has 0 radical (unpaired) electrons. The van der Waals surface area contributed by atoms with Gasteiger partial charge in [0.2, 0.25) is 5.91 Å². The Morgan fingerprint density at radius 3 is 2.64 bits per heavy atom. The van der Waals surface area contributed by atoms with Crippen molar-refractivity contribution in [2.75, 3.05) is 10.6 Å². The van der Waals surface area contributed by atoms with Crippen molar-refractivity contribution in [2.24, 2.45) is 13.0 Å². The highest BCUT2D eigenvalue weighted by molar-refractivity contribution is 5.96. The quantitative estimate of drug-likeness (QED) is 0.782. The molecular weight excluding hydrogens is 318 g/mol. The van der Waals surface area contributed by atoms with E-state index in [0.717, 1.165) is 24.8 Å². The monoisotopic (exact) mass is 339 g/mol. The van der Waals surface area contributed by atoms with E-state index in [0.29, 0.717) is 17.4 Å². The number of carbonyl (C=O) groups excluding carboxylic acids is 2. The first-order valence-electron chi connectivity index (χ1n) is 8.55. The lowest BCUT2D eigenvalue weighted by Gasteiger charge is -2.09. The van der Waals surface area contributed by atoms with Gasteiger partial charge in [0.15, 0.2) is 0 Å². The summed E-state index contributed by atoms with van der Waals surface area (Å²) in [6, 6.07) is 7.31. The summed E-state index contributed by atoms with van der Waals surface area (Å²) in [5, 5.41) is 12.8. The molecular formula is C18H21N5O2. The van der Waals surface area contributed by atoms with E-state index < -0.39 is 0 Å². The number of aromatic nitrogens is 2. The van der Waals surface area contributed by atoms with Gasteiger partial charge in [-0.25, -0.2) is 4.79 Å². The average molecular weight is 339 g/mol. The lowest BCUT2D eigenvalue weighted by atomic mass is 10.2. The second-order valence-corrected chi connectivity index (χ2v) is 6.84. The van der Waals surface area contributed by atoms with Gasteiger partial charge in [-0.1, -0.05) is 6.07 Å². The molecule has 7 nitrogen and oxygen atoms in total. The van der Waals surface area contributed by atoms with Gasteiger partial charge in [0.25, 0.3) is 0 Å². The second kappa shape index (κ2) is 6.23. The predicted molar refractivity (Wildman–Crippen MR) is 94.3 cm³/mol. The molecule has 3 N–H and O–H groups in total. The van der Waals surface area contributed by atoms with E-state index in [1.165, 1.54) is 0 Å². The van der Waals surface area contributed by atoms with Crippen molar-refractivity contribution in [2.45, 2.75) is 31.2 Å². The number of aryl methyl sites for hydroxylation is 1. The van der Waals surface area contributed by atoms with Gasteiger partial charge in [0.1, 0.15) is 0 Å². The minimum absolute atomic E-state index is 0.00781. The molecule has 3 amide bonds. The van der Waals surface area contributed by atoms with E-state index in [-0.39, 0.29) is 23.8 Å². The van der Waals surface area contributed by atoms with Gasteiger partial charge in [-0.3, -0.25) is 9.48 Å². The third kappa shape index (κ3) is 3.81. The smallest absolute Gasteiger partial charge is 0.319 e. The van der Waals surface area contributed by atoms with Crippen molar-refractivity contribution in [1.82, 2.24) is 15.1 Å². The van der Waals surface area contributed by atoms with Crippen LogP contribution in [0.15, 0.2) is 36.7 Å². The summed E-state index contributed by atoms with van der Waals surface area (Å²) in [4.78, 5) is 24.2. The molecule has 25 heavy (non-hydrogen) atoms. The van der Waals surface area contributed by atoms with Crippen LogP contribution in [0.5, 0.6) is 0 Å². The SMILES string of the molecule is Cn1cc([C@@H]2C[C@@H]2C(=O)Nc2cccc(NC(=O)NC3CC3)c2)cn1. The van der Waals surface area contributed by atoms with Gasteiger partial charge in [-0.05, 0) is 48.9 Å². The molecule has 1 aromatic carbocycles. The number of nitrogens with one attached hydrogen (secondary N) is 3. The van der Waals surface area contributed by atoms with Crippen LogP contribution in [-0.2, 0) is 11.8 Å². The molecule has 2 saturated carbocycles. The molecule has 4 rings (SSSR count). The molecule has 2 atom stereocenters. The lowest BCUT2D eigenvalue weighted by Crippen LogP contribution is -2.30. The fourth-order valence-electron chi connectivity index (χ4n) is 2.97. The van der Waals surface area contributed by atoms with E-state index in [1.807, 2.05) is 31.6 Å². The third-order valence-corrected chi connectivity index (χ3v) is 4.58. The predicted octanol–water partition coefficient (Wildman–Crippen LogP) is 2.45. The molecule has 0 aliphatic heterocycles. The van der Waals surface area contributed by atoms with Crippen molar-refractivity contribution >= 4 is 23.3 Å². The van der Waals surface area contributed by atoms with Gasteiger partial charge >= 0.3 is 6.03 Å². The number of benzene rings is 1. The van der Waals surface area contributed by atoms with Crippen molar-refractivity contribution in [3.8, 4) is 0 Å². The maximum absolute atomic E-state index is 12.4. The first-order chi connectivity index (χ1) is 12.1. The molecule has 130 valence electrons. The maximum atomic E-state index is 12.4. The molecule has 2 aromatic rings. The van der Waals surface area contributed by atoms with Gasteiger partial charge in [0.05, 0.1) is 6.20 Å². The van der Waals surface area contributed by atoms with Crippen LogP contribution in [0.25, 0.3) is 0 Å². The normalized spacial score (nSPS) is 21.5. The van der Waals surface area contributed by atoms with Crippen LogP contribution in [0, 0.1) is 5.92 Å². The minimum atomic E-state index is -0.204. The highest BCUT2D eigenvalue weighted by Crippen LogP contribution is 2.47. The molecule has 0 saturated heterocycles. The fraction of sp³-hybridized carbons (Fsp3) is 0.389. The molecule has 0 spiro atoms. The van der Waals surface area contributed by atoms with Crippen LogP contribution >= 0.6 is 0 Å². The third-order valence-electron chi connectivity index (χ3n) is 4.58. The molecule has 1 aromatic heterocycles. The van der Waals surface area contributed by atoms with E-state index in [2.05, 4.69) is 21.0 Å². The van der Waals surface area contributed by atoms with Crippen LogP contribution in [0.4, 0.5) is 16.2 Å². The summed E-state index contributed by atoms with van der Waals surface area (Å²) < 4.78 is 1.75. The highest BCUT2D eigenvalue weighted by atomic mass is 16.2. The fourth-order valence-corrected chi connectivity index (χ4v) is 2.97. The number of anilines is 2. The second-order valence-electron chi connectivity index (χ2n) is 6.84. The number of amides is 3. The summed E-state index contributed by atoms with van der Waals surface area (Å²) >= 11 is 0. The Morgan fingerprint density at radius 2 is 1.96 bits per heavy atom. The van der Waals surface area contributed by atoms with Crippen LogP contribution in [0.2, 0.25) is 0 Å². The average Bonchev–Trinajstić information content (AvgIpc) is 3.48. The number of urea groups is 1. The van der Waals surface area contributed by atoms with Crippen molar-refractivity contribution < 1.29 is 9.59 Å². The molecule has 7 heteroatoms. The van der Waals surface area contributed by atoms with E-state index >= 15 is 0 Å². The van der Waals surface area contributed by atoms with E-state index in [9.17, 15) is 9.59 Å². The van der Waals surface area contributed by atoms with E-state index in [4.69, 9.17) is 0 Å². The summed E-state index contributed by atoms with van der Waals surface area (Å²) in [7, 11) is 1.87. The molecule has 0 unspecified atom stereocenters. The summed E-state index contributed by atoms with van der Waals surface area (Å²) in [5.41, 5.74) is 2.46. The lowest BCUT2D eigenvalue weighted by molar-refractivity contribution is -0.117. The molecule has 2 fully saturated rings. The number of rotatable bonds is 5. The number of hydrogen-bond donors (Lipinski definition) is 3. The van der Waals surface area contributed by atoms with Gasteiger partial charge in [-0.15, -0.1) is 0 Å². The van der Waals surface area contributed by atoms with Crippen LogP contribution < -0.4 is 16.0 Å². The Hall–Kier alpha value is -2.83. The van der Waals surface area contributed by atoms with Crippen molar-refractivity contribution in [3.05, 3.63) is 42.2 Å².